The summed E-state index contributed by atoms with van der Waals surface area (Å²) in [6, 6.07) is 12.0. The van der Waals surface area contributed by atoms with Crippen molar-refractivity contribution in [3.8, 4) is 11.5 Å². The summed E-state index contributed by atoms with van der Waals surface area (Å²) in [4.78, 5) is 6.84. The van der Waals surface area contributed by atoms with E-state index in [9.17, 15) is 0 Å². The van der Waals surface area contributed by atoms with Gasteiger partial charge >= 0.3 is 0 Å². The van der Waals surface area contributed by atoms with Gasteiger partial charge in [-0.2, -0.15) is 0 Å². The van der Waals surface area contributed by atoms with Crippen LogP contribution in [0.1, 0.15) is 18.5 Å². The van der Waals surface area contributed by atoms with Crippen molar-refractivity contribution in [1.29, 1.82) is 0 Å². The van der Waals surface area contributed by atoms with Crippen LogP contribution in [0.3, 0.4) is 0 Å². The van der Waals surface area contributed by atoms with Crippen molar-refractivity contribution in [3.05, 3.63) is 48.3 Å². The summed E-state index contributed by atoms with van der Waals surface area (Å²) in [7, 11) is 3.28. The monoisotopic (exact) mass is 386 g/mol. The number of hydrogen-bond acceptors (Lipinski definition) is 5. The van der Waals surface area contributed by atoms with Gasteiger partial charge in [0.05, 0.1) is 25.6 Å². The maximum Gasteiger partial charge on any atom is 0.171 e. The number of rotatable bonds is 6. The van der Waals surface area contributed by atoms with E-state index in [1.807, 2.05) is 36.5 Å². The molecule has 0 atom stereocenters. The zero-order chi connectivity index (χ0) is 19.1. The Labute approximate surface area is 165 Å². The number of likely N-dealkylation sites (tertiary alicyclic amines) is 1. The van der Waals surface area contributed by atoms with Gasteiger partial charge in [0.15, 0.2) is 5.11 Å². The first-order valence-corrected chi connectivity index (χ1v) is 9.50. The Bertz CT molecular complexity index is 749. The summed E-state index contributed by atoms with van der Waals surface area (Å²) in [6.45, 7) is 2.95. The molecular weight excluding hydrogens is 360 g/mol. The van der Waals surface area contributed by atoms with Gasteiger partial charge in [-0.3, -0.25) is 9.88 Å². The van der Waals surface area contributed by atoms with E-state index >= 15 is 0 Å². The van der Waals surface area contributed by atoms with Crippen LogP contribution >= 0.6 is 12.2 Å². The second-order valence-corrected chi connectivity index (χ2v) is 6.94. The van der Waals surface area contributed by atoms with Crippen LogP contribution in [0.15, 0.2) is 42.6 Å². The second kappa shape index (κ2) is 9.53. The van der Waals surface area contributed by atoms with Gasteiger partial charge in [0.25, 0.3) is 0 Å². The number of benzene rings is 1. The van der Waals surface area contributed by atoms with Crippen molar-refractivity contribution in [1.82, 2.24) is 15.2 Å². The fourth-order valence-electron chi connectivity index (χ4n) is 3.21. The first-order chi connectivity index (χ1) is 13.2. The lowest BCUT2D eigenvalue weighted by atomic mass is 10.1. The third-order valence-corrected chi connectivity index (χ3v) is 4.91. The fraction of sp³-hybridized carbons (Fsp3) is 0.400. The number of thiocarbonyl (C=S) groups is 1. The van der Waals surface area contributed by atoms with Crippen LogP contribution in [0.25, 0.3) is 0 Å². The smallest absolute Gasteiger partial charge is 0.171 e. The minimum atomic E-state index is 0.363. The van der Waals surface area contributed by atoms with Crippen LogP contribution in [0.4, 0.5) is 5.69 Å². The minimum Gasteiger partial charge on any atom is -0.497 e. The van der Waals surface area contributed by atoms with Gasteiger partial charge in [0.1, 0.15) is 11.5 Å². The van der Waals surface area contributed by atoms with Crippen LogP contribution in [0.5, 0.6) is 11.5 Å². The van der Waals surface area contributed by atoms with E-state index in [1.54, 1.807) is 14.2 Å². The number of nitrogens with zero attached hydrogens (tertiary/aromatic N) is 2. The normalized spacial score (nSPS) is 15.2. The van der Waals surface area contributed by atoms with Crippen molar-refractivity contribution in [3.63, 3.8) is 0 Å². The predicted octanol–water partition coefficient (Wildman–Crippen LogP) is 3.05. The van der Waals surface area contributed by atoms with Gasteiger partial charge in [0.2, 0.25) is 0 Å². The summed E-state index contributed by atoms with van der Waals surface area (Å²) >= 11 is 5.50. The molecule has 7 heteroatoms. The van der Waals surface area contributed by atoms with Crippen LogP contribution in [-0.4, -0.2) is 48.3 Å². The SMILES string of the molecule is COc1ccc(OC)c(NC(=S)NC2CCN(Cc3ccccn3)CC2)c1. The van der Waals surface area contributed by atoms with Crippen molar-refractivity contribution >= 4 is 23.0 Å². The summed E-state index contributed by atoms with van der Waals surface area (Å²) < 4.78 is 10.7. The molecule has 27 heavy (non-hydrogen) atoms. The molecule has 0 spiro atoms. The zero-order valence-electron chi connectivity index (χ0n) is 15.8. The molecule has 1 aliphatic rings. The topological polar surface area (TPSA) is 58.7 Å². The summed E-state index contributed by atoms with van der Waals surface area (Å²) in [6.07, 6.45) is 3.94. The van der Waals surface area contributed by atoms with E-state index in [-0.39, 0.29) is 0 Å². The van der Waals surface area contributed by atoms with Gasteiger partial charge in [0, 0.05) is 37.9 Å². The van der Waals surface area contributed by atoms with Gasteiger partial charge in [-0.15, -0.1) is 0 Å². The van der Waals surface area contributed by atoms with Gasteiger partial charge in [-0.05, 0) is 49.3 Å². The molecule has 1 aliphatic heterocycles. The summed E-state index contributed by atoms with van der Waals surface area (Å²) in [5.41, 5.74) is 1.91. The second-order valence-electron chi connectivity index (χ2n) is 6.54. The third kappa shape index (κ3) is 5.55. The Hall–Kier alpha value is -2.38. The van der Waals surface area contributed by atoms with Crippen molar-refractivity contribution in [2.45, 2.75) is 25.4 Å². The molecule has 3 rings (SSSR count). The van der Waals surface area contributed by atoms with E-state index in [0.717, 1.165) is 55.4 Å². The standard InChI is InChI=1S/C20H26N4O2S/c1-25-17-6-7-19(26-2)18(13-17)23-20(27)22-15-8-11-24(12-9-15)14-16-5-3-4-10-21-16/h3-7,10,13,15H,8-9,11-12,14H2,1-2H3,(H2,22,23,27). The van der Waals surface area contributed by atoms with Crippen LogP contribution in [0.2, 0.25) is 0 Å². The molecule has 2 aromatic rings. The Morgan fingerprint density at radius 3 is 2.67 bits per heavy atom. The lowest BCUT2D eigenvalue weighted by molar-refractivity contribution is 0.197. The van der Waals surface area contributed by atoms with E-state index in [1.165, 1.54) is 0 Å². The number of aromatic nitrogens is 1. The molecule has 1 aromatic carbocycles. The molecule has 0 amide bonds. The van der Waals surface area contributed by atoms with E-state index in [4.69, 9.17) is 21.7 Å². The highest BCUT2D eigenvalue weighted by molar-refractivity contribution is 7.80. The largest absolute Gasteiger partial charge is 0.497 e. The van der Waals surface area contributed by atoms with Gasteiger partial charge < -0.3 is 20.1 Å². The number of nitrogens with one attached hydrogen (secondary N) is 2. The minimum absolute atomic E-state index is 0.363. The average molecular weight is 387 g/mol. The highest BCUT2D eigenvalue weighted by Gasteiger charge is 2.20. The average Bonchev–Trinajstić information content (AvgIpc) is 2.70. The number of hydrogen-bond donors (Lipinski definition) is 2. The first-order valence-electron chi connectivity index (χ1n) is 9.09. The van der Waals surface area contributed by atoms with Crippen LogP contribution in [0, 0.1) is 0 Å². The molecule has 0 bridgehead atoms. The molecular formula is C20H26N4O2S. The van der Waals surface area contributed by atoms with Crippen LogP contribution in [-0.2, 0) is 6.54 Å². The fourth-order valence-corrected chi connectivity index (χ4v) is 3.49. The Morgan fingerprint density at radius 2 is 2.00 bits per heavy atom. The molecule has 0 radical (unpaired) electrons. The summed E-state index contributed by atoms with van der Waals surface area (Å²) in [5.74, 6) is 1.48. The molecule has 0 unspecified atom stereocenters. The highest BCUT2D eigenvalue weighted by atomic mass is 32.1. The zero-order valence-corrected chi connectivity index (χ0v) is 16.6. The Balaban J connectivity index is 1.48. The predicted molar refractivity (Wildman–Crippen MR) is 111 cm³/mol. The lowest BCUT2D eigenvalue weighted by Gasteiger charge is -2.32. The number of ether oxygens (including phenoxy) is 2. The Morgan fingerprint density at radius 1 is 1.19 bits per heavy atom. The van der Waals surface area contributed by atoms with E-state index < -0.39 is 0 Å². The first kappa shape index (κ1) is 19.4. The molecule has 0 saturated carbocycles. The number of methoxy groups -OCH3 is 2. The molecule has 2 N–H and O–H groups in total. The third-order valence-electron chi connectivity index (χ3n) is 4.69. The lowest BCUT2D eigenvalue weighted by Crippen LogP contribution is -2.45. The molecule has 1 saturated heterocycles. The molecule has 1 aromatic heterocycles. The molecule has 144 valence electrons. The van der Waals surface area contributed by atoms with Crippen molar-refractivity contribution in [2.75, 3.05) is 32.6 Å². The van der Waals surface area contributed by atoms with E-state index in [0.29, 0.717) is 11.2 Å². The van der Waals surface area contributed by atoms with Crippen LogP contribution < -0.4 is 20.1 Å². The van der Waals surface area contributed by atoms with Gasteiger partial charge in [-0.25, -0.2) is 0 Å². The molecule has 0 aliphatic carbocycles. The quantitative estimate of drug-likeness (QED) is 0.740. The Kier molecular flexibility index (Phi) is 6.84. The van der Waals surface area contributed by atoms with E-state index in [2.05, 4.69) is 26.6 Å². The summed E-state index contributed by atoms with van der Waals surface area (Å²) in [5, 5.41) is 7.25. The maximum absolute atomic E-state index is 5.50. The highest BCUT2D eigenvalue weighted by Crippen LogP contribution is 2.28. The molecule has 1 fully saturated rings. The maximum atomic E-state index is 5.50. The number of pyridine rings is 1. The number of piperidine rings is 1. The van der Waals surface area contributed by atoms with Crippen molar-refractivity contribution < 1.29 is 9.47 Å². The van der Waals surface area contributed by atoms with Crippen molar-refractivity contribution in [2.24, 2.45) is 0 Å². The molecule has 2 heterocycles. The molecule has 6 nitrogen and oxygen atoms in total. The van der Waals surface area contributed by atoms with Gasteiger partial charge in [-0.1, -0.05) is 6.07 Å². The number of anilines is 1.